The van der Waals surface area contributed by atoms with Crippen LogP contribution in [0, 0.1) is 0 Å². The Morgan fingerprint density at radius 2 is 1.95 bits per heavy atom. The van der Waals surface area contributed by atoms with Gasteiger partial charge < -0.3 is 10.3 Å². The van der Waals surface area contributed by atoms with Crippen LogP contribution in [0.4, 0.5) is 0 Å². The van der Waals surface area contributed by atoms with E-state index in [2.05, 4.69) is 4.98 Å². The molecule has 0 atom stereocenters. The van der Waals surface area contributed by atoms with Crippen LogP contribution in [0.1, 0.15) is 44.3 Å². The van der Waals surface area contributed by atoms with Gasteiger partial charge in [0.15, 0.2) is 11.2 Å². The Bertz CT molecular complexity index is 810. The Labute approximate surface area is 128 Å². The second-order valence-corrected chi connectivity index (χ2v) is 6.01. The molecule has 1 aliphatic rings. The molecule has 0 amide bonds. The first kappa shape index (κ1) is 15.0. The van der Waals surface area contributed by atoms with Crippen LogP contribution in [0.5, 0.6) is 0 Å². The van der Waals surface area contributed by atoms with E-state index >= 15 is 0 Å². The number of nitrogens with zero attached hydrogens (tertiary/aromatic N) is 4. The molecule has 2 N–H and O–H groups in total. The van der Waals surface area contributed by atoms with Gasteiger partial charge in [0.2, 0.25) is 0 Å². The van der Waals surface area contributed by atoms with E-state index in [0.29, 0.717) is 43.1 Å². The molecule has 2 aromatic heterocycles. The number of imidazole rings is 1. The maximum Gasteiger partial charge on any atom is 0.332 e. The van der Waals surface area contributed by atoms with Crippen LogP contribution in [0.3, 0.4) is 0 Å². The minimum atomic E-state index is -0.270. The van der Waals surface area contributed by atoms with Crippen LogP contribution in [0.25, 0.3) is 11.2 Å². The van der Waals surface area contributed by atoms with E-state index in [0.717, 1.165) is 25.1 Å². The lowest BCUT2D eigenvalue weighted by Gasteiger charge is -2.10. The van der Waals surface area contributed by atoms with Gasteiger partial charge in [-0.25, -0.2) is 9.78 Å². The lowest BCUT2D eigenvalue weighted by Crippen LogP contribution is -2.41. The van der Waals surface area contributed by atoms with Crippen molar-refractivity contribution in [3.63, 3.8) is 0 Å². The standard InChI is InChI=1S/C15H23N5O2/c1-3-8-19-13-11(18(2)12(17-13)10-5-6-10)14(21)20(15(19)22)9-4-7-16/h10H,3-9,16H2,1-2H3. The minimum absolute atomic E-state index is 0.247. The third-order valence-electron chi connectivity index (χ3n) is 4.25. The zero-order valence-corrected chi connectivity index (χ0v) is 13.2. The molecular weight excluding hydrogens is 282 g/mol. The molecule has 7 heteroatoms. The van der Waals surface area contributed by atoms with Crippen LogP contribution < -0.4 is 17.0 Å². The first-order valence-corrected chi connectivity index (χ1v) is 8.00. The van der Waals surface area contributed by atoms with E-state index in [-0.39, 0.29) is 11.2 Å². The van der Waals surface area contributed by atoms with Crippen molar-refractivity contribution < 1.29 is 0 Å². The molecule has 2 aromatic rings. The molecule has 0 aliphatic heterocycles. The number of hydrogen-bond acceptors (Lipinski definition) is 4. The fraction of sp³-hybridized carbons (Fsp3) is 0.667. The van der Waals surface area contributed by atoms with Crippen LogP contribution in [0.15, 0.2) is 9.59 Å². The summed E-state index contributed by atoms with van der Waals surface area (Å²) >= 11 is 0. The molecule has 0 aromatic carbocycles. The molecule has 1 fully saturated rings. The predicted octanol–water partition coefficient (Wildman–Crippen LogP) is 0.533. The van der Waals surface area contributed by atoms with Gasteiger partial charge in [0.1, 0.15) is 5.82 Å². The van der Waals surface area contributed by atoms with Crippen LogP contribution in [-0.4, -0.2) is 25.2 Å². The topological polar surface area (TPSA) is 87.8 Å². The lowest BCUT2D eigenvalue weighted by molar-refractivity contribution is 0.546. The highest BCUT2D eigenvalue weighted by molar-refractivity contribution is 5.71. The van der Waals surface area contributed by atoms with Crippen molar-refractivity contribution in [3.05, 3.63) is 26.7 Å². The van der Waals surface area contributed by atoms with Gasteiger partial charge in [-0.05, 0) is 32.2 Å². The van der Waals surface area contributed by atoms with Gasteiger partial charge in [0.25, 0.3) is 5.56 Å². The smallest absolute Gasteiger partial charge is 0.330 e. The maximum absolute atomic E-state index is 12.7. The molecule has 22 heavy (non-hydrogen) atoms. The highest BCUT2D eigenvalue weighted by Gasteiger charge is 2.30. The SMILES string of the molecule is CCCn1c(=O)n(CCCN)c(=O)c2c1nc(C1CC1)n2C. The van der Waals surface area contributed by atoms with E-state index in [1.54, 1.807) is 4.57 Å². The van der Waals surface area contributed by atoms with Gasteiger partial charge in [-0.15, -0.1) is 0 Å². The first-order valence-electron chi connectivity index (χ1n) is 8.00. The first-order chi connectivity index (χ1) is 10.6. The number of nitrogens with two attached hydrogens (primary N) is 1. The van der Waals surface area contributed by atoms with Crippen LogP contribution >= 0.6 is 0 Å². The van der Waals surface area contributed by atoms with Gasteiger partial charge >= 0.3 is 5.69 Å². The second kappa shape index (κ2) is 5.72. The Morgan fingerprint density at radius 3 is 2.55 bits per heavy atom. The summed E-state index contributed by atoms with van der Waals surface area (Å²) in [7, 11) is 1.87. The average molecular weight is 305 g/mol. The van der Waals surface area contributed by atoms with Gasteiger partial charge in [-0.2, -0.15) is 0 Å². The summed E-state index contributed by atoms with van der Waals surface area (Å²) in [4.78, 5) is 30.0. The molecular formula is C15H23N5O2. The third kappa shape index (κ3) is 2.29. The van der Waals surface area contributed by atoms with Crippen molar-refractivity contribution >= 4 is 11.2 Å². The lowest BCUT2D eigenvalue weighted by atomic mass is 10.4. The Hall–Kier alpha value is -1.89. The predicted molar refractivity (Wildman–Crippen MR) is 85.2 cm³/mol. The summed E-state index contributed by atoms with van der Waals surface area (Å²) < 4.78 is 4.82. The molecule has 1 aliphatic carbocycles. The summed E-state index contributed by atoms with van der Waals surface area (Å²) in [5.74, 6) is 1.35. The highest BCUT2D eigenvalue weighted by Crippen LogP contribution is 2.39. The quantitative estimate of drug-likeness (QED) is 0.843. The Balaban J connectivity index is 2.30. The summed E-state index contributed by atoms with van der Waals surface area (Å²) in [6.07, 6.45) is 3.65. The summed E-state index contributed by atoms with van der Waals surface area (Å²) in [6.45, 7) is 3.39. The van der Waals surface area contributed by atoms with E-state index < -0.39 is 0 Å². The van der Waals surface area contributed by atoms with Crippen molar-refractivity contribution in [2.45, 2.75) is 51.6 Å². The molecule has 7 nitrogen and oxygen atoms in total. The van der Waals surface area contributed by atoms with Gasteiger partial charge in [-0.3, -0.25) is 13.9 Å². The normalized spacial score (nSPS) is 14.9. The van der Waals surface area contributed by atoms with Crippen molar-refractivity contribution in [1.82, 2.24) is 18.7 Å². The summed E-state index contributed by atoms with van der Waals surface area (Å²) in [6, 6.07) is 0. The molecule has 1 saturated carbocycles. The third-order valence-corrected chi connectivity index (χ3v) is 4.25. The molecule has 0 unspecified atom stereocenters. The fourth-order valence-corrected chi connectivity index (χ4v) is 2.96. The molecule has 0 spiro atoms. The number of aromatic nitrogens is 4. The molecule has 0 saturated heterocycles. The Morgan fingerprint density at radius 1 is 1.23 bits per heavy atom. The molecule has 3 rings (SSSR count). The molecule has 0 radical (unpaired) electrons. The van der Waals surface area contributed by atoms with Gasteiger partial charge in [0, 0.05) is 26.1 Å². The zero-order valence-electron chi connectivity index (χ0n) is 13.2. The Kier molecular flexibility index (Phi) is 3.90. The summed E-state index contributed by atoms with van der Waals surface area (Å²) in [5.41, 5.74) is 6.08. The van der Waals surface area contributed by atoms with Crippen LogP contribution in [-0.2, 0) is 20.1 Å². The minimum Gasteiger partial charge on any atom is -0.330 e. The number of aryl methyl sites for hydroxylation is 2. The van der Waals surface area contributed by atoms with E-state index in [1.807, 2.05) is 18.5 Å². The van der Waals surface area contributed by atoms with Crippen molar-refractivity contribution in [3.8, 4) is 0 Å². The number of rotatable bonds is 6. The summed E-state index contributed by atoms with van der Waals surface area (Å²) in [5, 5.41) is 0. The van der Waals surface area contributed by atoms with E-state index in [9.17, 15) is 9.59 Å². The monoisotopic (exact) mass is 305 g/mol. The van der Waals surface area contributed by atoms with Crippen molar-refractivity contribution in [2.75, 3.05) is 6.54 Å². The van der Waals surface area contributed by atoms with Gasteiger partial charge in [0.05, 0.1) is 0 Å². The van der Waals surface area contributed by atoms with Crippen LogP contribution in [0.2, 0.25) is 0 Å². The van der Waals surface area contributed by atoms with Crippen molar-refractivity contribution in [2.24, 2.45) is 12.8 Å². The largest absolute Gasteiger partial charge is 0.332 e. The molecule has 0 bridgehead atoms. The maximum atomic E-state index is 12.7. The average Bonchev–Trinajstić information content (AvgIpc) is 3.27. The fourth-order valence-electron chi connectivity index (χ4n) is 2.96. The second-order valence-electron chi connectivity index (χ2n) is 6.01. The van der Waals surface area contributed by atoms with E-state index in [4.69, 9.17) is 5.73 Å². The van der Waals surface area contributed by atoms with Gasteiger partial charge in [-0.1, -0.05) is 6.92 Å². The highest BCUT2D eigenvalue weighted by atomic mass is 16.2. The molecule has 2 heterocycles. The van der Waals surface area contributed by atoms with E-state index in [1.165, 1.54) is 4.57 Å². The molecule has 120 valence electrons. The number of fused-ring (bicyclic) bond motifs is 1. The zero-order chi connectivity index (χ0) is 15.9. The number of hydrogen-bond donors (Lipinski definition) is 1. The van der Waals surface area contributed by atoms with Crippen molar-refractivity contribution in [1.29, 1.82) is 0 Å².